The van der Waals surface area contributed by atoms with E-state index in [1.807, 2.05) is 0 Å². The standard InChI is InChI=1S/C15H30N4O/c1-2-3-8-17-14(16)18-13-15(6-11-20-12-7-15)19-9-4-5-10-19/h2-13H2,1H3,(H3,16,17,18). The molecule has 0 atom stereocenters. The summed E-state index contributed by atoms with van der Waals surface area (Å²) in [6.07, 6.45) is 7.11. The third kappa shape index (κ3) is 4.09. The van der Waals surface area contributed by atoms with Crippen LogP contribution in [0, 0.1) is 0 Å². The minimum atomic E-state index is 0.186. The molecule has 0 bridgehead atoms. The van der Waals surface area contributed by atoms with Crippen molar-refractivity contribution in [3.63, 3.8) is 0 Å². The van der Waals surface area contributed by atoms with E-state index >= 15 is 0 Å². The van der Waals surface area contributed by atoms with Gasteiger partial charge in [-0.25, -0.2) is 0 Å². The zero-order valence-electron chi connectivity index (χ0n) is 12.9. The van der Waals surface area contributed by atoms with Crippen LogP contribution in [-0.4, -0.2) is 55.8 Å². The van der Waals surface area contributed by atoms with Crippen molar-refractivity contribution in [2.45, 2.75) is 51.0 Å². The maximum absolute atomic E-state index is 5.98. The van der Waals surface area contributed by atoms with Crippen LogP contribution in [0.3, 0.4) is 0 Å². The van der Waals surface area contributed by atoms with Gasteiger partial charge in [0.25, 0.3) is 0 Å². The van der Waals surface area contributed by atoms with Crippen LogP contribution in [0.5, 0.6) is 0 Å². The number of nitrogens with zero attached hydrogens (tertiary/aromatic N) is 2. The van der Waals surface area contributed by atoms with E-state index in [0.29, 0.717) is 5.96 Å². The summed E-state index contributed by atoms with van der Waals surface area (Å²) in [5, 5.41) is 3.21. The SMILES string of the molecule is CCCCNC(N)=NCC1(N2CCCC2)CCOCC1. The first kappa shape index (κ1) is 15.6. The number of likely N-dealkylation sites (tertiary alicyclic amines) is 1. The summed E-state index contributed by atoms with van der Waals surface area (Å²) in [5.74, 6) is 0.600. The number of hydrogen-bond acceptors (Lipinski definition) is 3. The first-order valence-corrected chi connectivity index (χ1v) is 8.13. The molecule has 0 unspecified atom stereocenters. The molecule has 2 saturated heterocycles. The van der Waals surface area contributed by atoms with Gasteiger partial charge in [0.05, 0.1) is 6.54 Å². The molecule has 20 heavy (non-hydrogen) atoms. The number of hydrogen-bond donors (Lipinski definition) is 2. The van der Waals surface area contributed by atoms with Crippen molar-refractivity contribution in [3.8, 4) is 0 Å². The second kappa shape index (κ2) is 7.84. The Hall–Kier alpha value is -0.810. The lowest BCUT2D eigenvalue weighted by atomic mass is 9.88. The zero-order chi connectivity index (χ0) is 14.3. The van der Waals surface area contributed by atoms with E-state index in [-0.39, 0.29) is 5.54 Å². The van der Waals surface area contributed by atoms with Gasteiger partial charge < -0.3 is 15.8 Å². The number of guanidine groups is 1. The van der Waals surface area contributed by atoms with E-state index in [0.717, 1.165) is 45.6 Å². The van der Waals surface area contributed by atoms with Gasteiger partial charge in [0.15, 0.2) is 5.96 Å². The van der Waals surface area contributed by atoms with E-state index < -0.39 is 0 Å². The van der Waals surface area contributed by atoms with Gasteiger partial charge in [-0.15, -0.1) is 0 Å². The molecule has 2 rings (SSSR count). The number of nitrogens with one attached hydrogen (secondary N) is 1. The molecule has 0 aromatic heterocycles. The van der Waals surface area contributed by atoms with Gasteiger partial charge in [0.1, 0.15) is 0 Å². The first-order valence-electron chi connectivity index (χ1n) is 8.13. The molecule has 0 amide bonds. The number of unbranched alkanes of at least 4 members (excludes halogenated alkanes) is 1. The van der Waals surface area contributed by atoms with Crippen molar-refractivity contribution in [2.24, 2.45) is 10.7 Å². The predicted molar refractivity (Wildman–Crippen MR) is 83.0 cm³/mol. The number of ether oxygens (including phenoxy) is 1. The lowest BCUT2D eigenvalue weighted by molar-refractivity contribution is -0.0138. The highest BCUT2D eigenvalue weighted by molar-refractivity contribution is 5.77. The van der Waals surface area contributed by atoms with E-state index in [1.54, 1.807) is 0 Å². The van der Waals surface area contributed by atoms with Crippen molar-refractivity contribution in [3.05, 3.63) is 0 Å². The van der Waals surface area contributed by atoms with Gasteiger partial charge in [0, 0.05) is 25.3 Å². The summed E-state index contributed by atoms with van der Waals surface area (Å²) >= 11 is 0. The fourth-order valence-corrected chi connectivity index (χ4v) is 3.20. The quantitative estimate of drug-likeness (QED) is 0.438. The minimum Gasteiger partial charge on any atom is -0.381 e. The van der Waals surface area contributed by atoms with Crippen LogP contribution in [0.2, 0.25) is 0 Å². The molecule has 3 N–H and O–H groups in total. The summed E-state index contributed by atoms with van der Waals surface area (Å²) in [4.78, 5) is 7.25. The largest absolute Gasteiger partial charge is 0.381 e. The van der Waals surface area contributed by atoms with Crippen LogP contribution in [-0.2, 0) is 4.74 Å². The van der Waals surface area contributed by atoms with Gasteiger partial charge in [0.2, 0.25) is 0 Å². The van der Waals surface area contributed by atoms with E-state index in [9.17, 15) is 0 Å². The topological polar surface area (TPSA) is 62.9 Å². The average molecular weight is 282 g/mol. The van der Waals surface area contributed by atoms with Crippen molar-refractivity contribution in [1.82, 2.24) is 10.2 Å². The molecule has 0 radical (unpaired) electrons. The smallest absolute Gasteiger partial charge is 0.188 e. The van der Waals surface area contributed by atoms with Crippen LogP contribution in [0.15, 0.2) is 4.99 Å². The average Bonchev–Trinajstić information content (AvgIpc) is 3.01. The number of rotatable bonds is 6. The fraction of sp³-hybridized carbons (Fsp3) is 0.933. The predicted octanol–water partition coefficient (Wildman–Crippen LogP) is 1.34. The molecule has 5 heteroatoms. The highest BCUT2D eigenvalue weighted by Gasteiger charge is 2.39. The first-order chi connectivity index (χ1) is 9.77. The Labute approximate surface area is 122 Å². The van der Waals surface area contributed by atoms with Crippen molar-refractivity contribution in [2.75, 3.05) is 39.4 Å². The van der Waals surface area contributed by atoms with Gasteiger partial charge in [-0.2, -0.15) is 0 Å². The van der Waals surface area contributed by atoms with Crippen LogP contribution >= 0.6 is 0 Å². The molecular weight excluding hydrogens is 252 g/mol. The van der Waals surface area contributed by atoms with Crippen molar-refractivity contribution in [1.29, 1.82) is 0 Å². The molecule has 2 aliphatic rings. The molecule has 2 fully saturated rings. The van der Waals surface area contributed by atoms with Gasteiger partial charge >= 0.3 is 0 Å². The maximum atomic E-state index is 5.98. The molecule has 0 saturated carbocycles. The van der Waals surface area contributed by atoms with Crippen molar-refractivity contribution >= 4 is 5.96 Å². The lowest BCUT2D eigenvalue weighted by Gasteiger charge is -2.43. The normalized spacial score (nSPS) is 23.9. The Kier molecular flexibility index (Phi) is 6.10. The molecule has 0 aliphatic carbocycles. The van der Waals surface area contributed by atoms with Gasteiger partial charge in [-0.1, -0.05) is 13.3 Å². The second-order valence-electron chi connectivity index (χ2n) is 6.01. The second-order valence-corrected chi connectivity index (χ2v) is 6.01. The van der Waals surface area contributed by atoms with Crippen LogP contribution in [0.1, 0.15) is 45.4 Å². The fourth-order valence-electron chi connectivity index (χ4n) is 3.20. The summed E-state index contributed by atoms with van der Waals surface area (Å²) in [7, 11) is 0. The van der Waals surface area contributed by atoms with E-state index in [1.165, 1.54) is 32.4 Å². The monoisotopic (exact) mass is 282 g/mol. The third-order valence-corrected chi connectivity index (χ3v) is 4.58. The molecule has 0 aromatic carbocycles. The molecule has 2 heterocycles. The number of aliphatic imine (C=N–C) groups is 1. The van der Waals surface area contributed by atoms with Crippen LogP contribution < -0.4 is 11.1 Å². The Morgan fingerprint density at radius 1 is 1.30 bits per heavy atom. The molecule has 2 aliphatic heterocycles. The van der Waals surface area contributed by atoms with Crippen LogP contribution in [0.4, 0.5) is 0 Å². The highest BCUT2D eigenvalue weighted by atomic mass is 16.5. The number of nitrogens with two attached hydrogens (primary N) is 1. The summed E-state index contributed by atoms with van der Waals surface area (Å²) in [6.45, 7) is 8.04. The maximum Gasteiger partial charge on any atom is 0.188 e. The van der Waals surface area contributed by atoms with Gasteiger partial charge in [-0.05, 0) is 45.2 Å². The van der Waals surface area contributed by atoms with Crippen molar-refractivity contribution < 1.29 is 4.74 Å². The molecule has 0 spiro atoms. The van der Waals surface area contributed by atoms with E-state index in [4.69, 9.17) is 10.5 Å². The molecule has 0 aromatic rings. The highest BCUT2D eigenvalue weighted by Crippen LogP contribution is 2.31. The summed E-state index contributed by atoms with van der Waals surface area (Å²) in [6, 6.07) is 0. The lowest BCUT2D eigenvalue weighted by Crippen LogP contribution is -2.53. The molecule has 116 valence electrons. The zero-order valence-corrected chi connectivity index (χ0v) is 12.9. The van der Waals surface area contributed by atoms with E-state index in [2.05, 4.69) is 22.1 Å². The Bertz CT molecular complexity index is 307. The Morgan fingerprint density at radius 3 is 2.65 bits per heavy atom. The third-order valence-electron chi connectivity index (χ3n) is 4.58. The Balaban J connectivity index is 1.91. The van der Waals surface area contributed by atoms with Gasteiger partial charge in [-0.3, -0.25) is 9.89 Å². The Morgan fingerprint density at radius 2 is 2.00 bits per heavy atom. The molecular formula is C15H30N4O. The van der Waals surface area contributed by atoms with Crippen LogP contribution in [0.25, 0.3) is 0 Å². The summed E-state index contributed by atoms with van der Waals surface area (Å²) in [5.41, 5.74) is 6.16. The minimum absolute atomic E-state index is 0.186. The molecule has 5 nitrogen and oxygen atoms in total. The summed E-state index contributed by atoms with van der Waals surface area (Å²) < 4.78 is 5.55.